The number of carbonyl (C=O) groups is 3. The van der Waals surface area contributed by atoms with Gasteiger partial charge in [-0.3, -0.25) is 14.4 Å². The zero-order chi connectivity index (χ0) is 29.3. The van der Waals surface area contributed by atoms with Gasteiger partial charge in [0, 0.05) is 23.0 Å². The molecular weight excluding hydrogens is 544 g/mol. The molecular formula is C35H26N2O6. The van der Waals surface area contributed by atoms with Crippen molar-refractivity contribution >= 4 is 29.2 Å². The number of rotatable bonds is 5. The Morgan fingerprint density at radius 1 is 0.884 bits per heavy atom. The molecule has 4 aliphatic heterocycles. The fourth-order valence-electron chi connectivity index (χ4n) is 7.32. The zero-order valence-corrected chi connectivity index (χ0v) is 23.2. The standard InChI is InChI=1S/C35H26N2O6/c1-41-23-13-10-21(11-14-23)31(38)29-30(32(39)22-12-15-27-28(18-22)43-19-42-27)37-17-16-20-6-2-3-7-24(20)33(37)35(29)25-8-4-5-9-26(25)36-34(35)40/h2-18,29-30,33H,19H2,1H3,(H,36,40)/t29-,30+,33-,35-/m1/s1. The van der Waals surface area contributed by atoms with E-state index in [4.69, 9.17) is 14.2 Å². The second-order valence-electron chi connectivity index (χ2n) is 11.1. The minimum absolute atomic E-state index is 0.0722. The van der Waals surface area contributed by atoms with Gasteiger partial charge in [-0.1, -0.05) is 42.5 Å². The van der Waals surface area contributed by atoms with Crippen LogP contribution in [0.5, 0.6) is 17.2 Å². The van der Waals surface area contributed by atoms with Crippen molar-refractivity contribution in [1.82, 2.24) is 4.90 Å². The van der Waals surface area contributed by atoms with Crippen LogP contribution in [0.1, 0.15) is 43.4 Å². The molecule has 1 spiro atoms. The lowest BCUT2D eigenvalue weighted by Crippen LogP contribution is -2.49. The number of para-hydroxylation sites is 1. The van der Waals surface area contributed by atoms with Crippen LogP contribution in [0.4, 0.5) is 5.69 Å². The molecule has 1 saturated heterocycles. The predicted molar refractivity (Wildman–Crippen MR) is 158 cm³/mol. The van der Waals surface area contributed by atoms with Gasteiger partial charge in [0.05, 0.1) is 19.1 Å². The van der Waals surface area contributed by atoms with E-state index in [0.717, 1.165) is 11.1 Å². The van der Waals surface area contributed by atoms with E-state index in [1.807, 2.05) is 65.7 Å². The summed E-state index contributed by atoms with van der Waals surface area (Å²) in [5.74, 6) is -0.327. The summed E-state index contributed by atoms with van der Waals surface area (Å²) >= 11 is 0. The molecule has 4 aromatic rings. The van der Waals surface area contributed by atoms with Crippen molar-refractivity contribution in [3.05, 3.63) is 125 Å². The van der Waals surface area contributed by atoms with E-state index in [1.165, 1.54) is 0 Å². The van der Waals surface area contributed by atoms with E-state index in [1.54, 1.807) is 49.6 Å². The first-order valence-electron chi connectivity index (χ1n) is 14.1. The highest BCUT2D eigenvalue weighted by Crippen LogP contribution is 2.62. The Kier molecular flexibility index (Phi) is 5.50. The molecule has 1 fully saturated rings. The molecule has 43 heavy (non-hydrogen) atoms. The summed E-state index contributed by atoms with van der Waals surface area (Å²) in [6.07, 6.45) is 3.80. The third kappa shape index (κ3) is 3.46. The number of nitrogens with zero attached hydrogens (tertiary/aromatic N) is 1. The van der Waals surface area contributed by atoms with Crippen molar-refractivity contribution in [2.24, 2.45) is 5.92 Å². The topological polar surface area (TPSA) is 94.2 Å². The smallest absolute Gasteiger partial charge is 0.238 e. The fourth-order valence-corrected chi connectivity index (χ4v) is 7.32. The Morgan fingerprint density at radius 2 is 1.63 bits per heavy atom. The van der Waals surface area contributed by atoms with Crippen molar-refractivity contribution in [3.8, 4) is 17.2 Å². The van der Waals surface area contributed by atoms with Gasteiger partial charge in [-0.15, -0.1) is 0 Å². The molecule has 4 aliphatic rings. The maximum Gasteiger partial charge on any atom is 0.238 e. The Labute approximate surface area is 247 Å². The summed E-state index contributed by atoms with van der Waals surface area (Å²) < 4.78 is 16.4. The maximum absolute atomic E-state index is 14.9. The van der Waals surface area contributed by atoms with Crippen LogP contribution in [0, 0.1) is 5.92 Å². The zero-order valence-electron chi connectivity index (χ0n) is 23.2. The highest BCUT2D eigenvalue weighted by atomic mass is 16.7. The van der Waals surface area contributed by atoms with Crippen LogP contribution < -0.4 is 19.5 Å². The minimum Gasteiger partial charge on any atom is -0.497 e. The molecule has 0 unspecified atom stereocenters. The number of methoxy groups -OCH3 is 1. The molecule has 0 saturated carbocycles. The monoisotopic (exact) mass is 570 g/mol. The third-order valence-electron chi connectivity index (χ3n) is 9.15. The molecule has 8 nitrogen and oxygen atoms in total. The average Bonchev–Trinajstić information content (AvgIpc) is 3.73. The van der Waals surface area contributed by atoms with Gasteiger partial charge in [0.25, 0.3) is 0 Å². The number of ether oxygens (including phenoxy) is 3. The molecule has 0 radical (unpaired) electrons. The van der Waals surface area contributed by atoms with Gasteiger partial charge in [-0.05, 0) is 71.3 Å². The van der Waals surface area contributed by atoms with Crippen molar-refractivity contribution in [3.63, 3.8) is 0 Å². The van der Waals surface area contributed by atoms with Crippen molar-refractivity contribution in [2.75, 3.05) is 19.2 Å². The number of hydrogen-bond donors (Lipinski definition) is 1. The van der Waals surface area contributed by atoms with Crippen LogP contribution in [0.2, 0.25) is 0 Å². The summed E-state index contributed by atoms with van der Waals surface area (Å²) in [6.45, 7) is 0.0722. The lowest BCUT2D eigenvalue weighted by molar-refractivity contribution is -0.122. The highest BCUT2D eigenvalue weighted by Gasteiger charge is 2.70. The Morgan fingerprint density at radius 3 is 2.47 bits per heavy atom. The normalized spacial score (nSPS) is 23.9. The van der Waals surface area contributed by atoms with E-state index in [0.29, 0.717) is 39.6 Å². The average molecular weight is 571 g/mol. The van der Waals surface area contributed by atoms with E-state index in [9.17, 15) is 14.4 Å². The Bertz CT molecular complexity index is 1860. The predicted octanol–water partition coefficient (Wildman–Crippen LogP) is 5.41. The van der Waals surface area contributed by atoms with Crippen LogP contribution in [-0.2, 0) is 10.2 Å². The van der Waals surface area contributed by atoms with Crippen molar-refractivity contribution in [2.45, 2.75) is 17.5 Å². The number of nitrogens with one attached hydrogen (secondary N) is 1. The second-order valence-corrected chi connectivity index (χ2v) is 11.1. The quantitative estimate of drug-likeness (QED) is 0.321. The Hall–Kier alpha value is -5.37. The van der Waals surface area contributed by atoms with E-state index >= 15 is 0 Å². The lowest BCUT2D eigenvalue weighted by Gasteiger charge is -2.38. The van der Waals surface area contributed by atoms with Gasteiger partial charge in [0.2, 0.25) is 12.7 Å². The number of carbonyl (C=O) groups excluding carboxylic acids is 3. The minimum atomic E-state index is -1.40. The molecule has 212 valence electrons. The molecule has 4 aromatic carbocycles. The molecule has 8 heteroatoms. The fraction of sp³-hybridized carbons (Fsp3) is 0.171. The molecule has 4 atom stereocenters. The van der Waals surface area contributed by atoms with Gasteiger partial charge in [0.15, 0.2) is 23.1 Å². The van der Waals surface area contributed by atoms with Crippen LogP contribution in [-0.4, -0.2) is 42.3 Å². The molecule has 4 heterocycles. The van der Waals surface area contributed by atoms with Gasteiger partial charge < -0.3 is 24.4 Å². The first kappa shape index (κ1) is 25.3. The molecule has 1 amide bonds. The van der Waals surface area contributed by atoms with Gasteiger partial charge in [-0.25, -0.2) is 0 Å². The number of Topliss-reactive ketones (excluding diaryl/α,β-unsaturated/α-hetero) is 2. The first-order chi connectivity index (χ1) is 21.0. The number of fused-ring (bicyclic) bond motifs is 7. The SMILES string of the molecule is COc1ccc(C(=O)[C@H]2[C@@H](C(=O)c3ccc4c(c3)OCO4)N3C=Cc4ccccc4[C@@H]3[C@]23C(=O)Nc2ccccc23)cc1. The van der Waals surface area contributed by atoms with Crippen LogP contribution in [0.3, 0.4) is 0 Å². The van der Waals surface area contributed by atoms with Crippen LogP contribution >= 0.6 is 0 Å². The summed E-state index contributed by atoms with van der Waals surface area (Å²) in [5.41, 5.74) is 2.53. The van der Waals surface area contributed by atoms with E-state index in [2.05, 4.69) is 5.32 Å². The van der Waals surface area contributed by atoms with Gasteiger partial charge >= 0.3 is 0 Å². The summed E-state index contributed by atoms with van der Waals surface area (Å²) in [7, 11) is 1.56. The molecule has 0 bridgehead atoms. The summed E-state index contributed by atoms with van der Waals surface area (Å²) in [6, 6.07) is 25.6. The van der Waals surface area contributed by atoms with Crippen LogP contribution in [0.25, 0.3) is 6.08 Å². The first-order valence-corrected chi connectivity index (χ1v) is 14.1. The second kappa shape index (κ2) is 9.32. The summed E-state index contributed by atoms with van der Waals surface area (Å²) in [5, 5.41) is 3.07. The van der Waals surface area contributed by atoms with Gasteiger partial charge in [-0.2, -0.15) is 0 Å². The maximum atomic E-state index is 14.9. The van der Waals surface area contributed by atoms with Crippen molar-refractivity contribution in [1.29, 1.82) is 0 Å². The van der Waals surface area contributed by atoms with Crippen molar-refractivity contribution < 1.29 is 28.6 Å². The molecule has 0 aliphatic carbocycles. The number of ketones is 2. The molecule has 8 rings (SSSR count). The highest BCUT2D eigenvalue weighted by molar-refractivity contribution is 6.16. The summed E-state index contributed by atoms with van der Waals surface area (Å²) in [4.78, 5) is 46.1. The number of benzene rings is 4. The van der Waals surface area contributed by atoms with Gasteiger partial charge in [0.1, 0.15) is 17.2 Å². The molecule has 0 aromatic heterocycles. The lowest BCUT2D eigenvalue weighted by atomic mass is 9.62. The van der Waals surface area contributed by atoms with E-state index in [-0.39, 0.29) is 24.3 Å². The van der Waals surface area contributed by atoms with Crippen LogP contribution in [0.15, 0.2) is 97.2 Å². The van der Waals surface area contributed by atoms with E-state index < -0.39 is 23.4 Å². The molecule has 1 N–H and O–H groups in total. The number of amides is 1. The number of hydrogen-bond acceptors (Lipinski definition) is 7. The Balaban J connectivity index is 1.39. The third-order valence-corrected chi connectivity index (χ3v) is 9.15. The largest absolute Gasteiger partial charge is 0.497 e. The number of anilines is 1.